The average Bonchev–Trinajstić information content (AvgIpc) is 3.15. The van der Waals surface area contributed by atoms with Gasteiger partial charge in [0.05, 0.1) is 25.3 Å². The number of alkyl halides is 3. The smallest absolute Gasteiger partial charge is 0.416 e. The first-order valence-electron chi connectivity index (χ1n) is 8.22. The van der Waals surface area contributed by atoms with E-state index in [0.717, 1.165) is 31.4 Å². The molecule has 28 heavy (non-hydrogen) atoms. The van der Waals surface area contributed by atoms with Crippen LogP contribution in [-0.2, 0) is 27.7 Å². The topological polar surface area (TPSA) is 72.6 Å². The number of rotatable bonds is 5. The van der Waals surface area contributed by atoms with Crippen molar-refractivity contribution in [3.8, 4) is 11.5 Å². The lowest BCUT2D eigenvalue weighted by molar-refractivity contribution is -0.164. The second kappa shape index (κ2) is 7.47. The number of carbonyl (C=O) groups is 1. The molecule has 3 aromatic rings. The van der Waals surface area contributed by atoms with E-state index in [1.165, 1.54) is 6.20 Å². The first-order chi connectivity index (χ1) is 13.2. The Labute approximate surface area is 158 Å². The van der Waals surface area contributed by atoms with E-state index >= 15 is 0 Å². The first-order valence-corrected chi connectivity index (χ1v) is 8.22. The highest BCUT2D eigenvalue weighted by molar-refractivity contribution is 5.81. The summed E-state index contributed by atoms with van der Waals surface area (Å²) >= 11 is 0. The Bertz CT molecular complexity index is 952. The van der Waals surface area contributed by atoms with E-state index in [9.17, 15) is 23.1 Å². The van der Waals surface area contributed by atoms with Gasteiger partial charge in [0.15, 0.2) is 5.60 Å². The Hall–Kier alpha value is -3.13. The number of hydrogen-bond donors (Lipinski definition) is 1. The molecule has 1 atom stereocenters. The summed E-state index contributed by atoms with van der Waals surface area (Å²) in [5.74, 6) is -0.563. The zero-order valence-corrected chi connectivity index (χ0v) is 14.7. The largest absolute Gasteiger partial charge is 0.467 e. The molecule has 0 radical (unpaired) electrons. The maximum absolute atomic E-state index is 12.8. The minimum Gasteiger partial charge on any atom is -0.467 e. The first kappa shape index (κ1) is 19.6. The van der Waals surface area contributed by atoms with Gasteiger partial charge in [0.2, 0.25) is 5.89 Å². The Kier molecular flexibility index (Phi) is 5.24. The lowest BCUT2D eigenvalue weighted by atomic mass is 9.89. The van der Waals surface area contributed by atoms with Gasteiger partial charge in [0.1, 0.15) is 5.76 Å². The summed E-state index contributed by atoms with van der Waals surface area (Å²) in [6.07, 6.45) is -3.54. The fourth-order valence-electron chi connectivity index (χ4n) is 2.75. The van der Waals surface area contributed by atoms with Gasteiger partial charge in [-0.05, 0) is 29.8 Å². The maximum atomic E-state index is 12.8. The lowest BCUT2D eigenvalue weighted by Crippen LogP contribution is -2.39. The molecule has 0 aliphatic rings. The highest BCUT2D eigenvalue weighted by Crippen LogP contribution is 2.33. The number of esters is 1. The van der Waals surface area contributed by atoms with Crippen LogP contribution < -0.4 is 0 Å². The van der Waals surface area contributed by atoms with Crippen LogP contribution in [0, 0.1) is 0 Å². The van der Waals surface area contributed by atoms with Crippen molar-refractivity contribution in [3.05, 3.63) is 77.7 Å². The molecular weight excluding hydrogens is 375 g/mol. The fourth-order valence-corrected chi connectivity index (χ4v) is 2.75. The van der Waals surface area contributed by atoms with Crippen LogP contribution in [0.25, 0.3) is 11.5 Å². The van der Waals surface area contributed by atoms with Gasteiger partial charge in [-0.15, -0.1) is 0 Å². The molecule has 0 saturated heterocycles. The predicted octanol–water partition coefficient (Wildman–Crippen LogP) is 3.96. The molecule has 0 aliphatic carbocycles. The lowest BCUT2D eigenvalue weighted by Gasteiger charge is -2.25. The Morgan fingerprint density at radius 3 is 2.25 bits per heavy atom. The number of ether oxygens (including phenoxy) is 1. The predicted molar refractivity (Wildman–Crippen MR) is 93.0 cm³/mol. The van der Waals surface area contributed by atoms with E-state index in [1.54, 1.807) is 24.3 Å². The summed E-state index contributed by atoms with van der Waals surface area (Å²) < 4.78 is 48.6. The van der Waals surface area contributed by atoms with Gasteiger partial charge in [0.25, 0.3) is 0 Å². The van der Waals surface area contributed by atoms with Crippen LogP contribution in [-0.4, -0.2) is 23.2 Å². The molecule has 1 aromatic heterocycles. The standard InChI is InChI=1S/C20H16F3NO4/c1-27-18(25)19(26,14-7-9-15(10-8-14)20(21,22)23)11-16-12-24-17(28-16)13-5-3-2-4-6-13/h2-10,12,26H,11H2,1H3/t19-/m0/s1. The van der Waals surface area contributed by atoms with Crippen LogP contribution in [0.3, 0.4) is 0 Å². The van der Waals surface area contributed by atoms with Gasteiger partial charge in [-0.2, -0.15) is 13.2 Å². The second-order valence-corrected chi connectivity index (χ2v) is 6.10. The molecule has 0 aliphatic heterocycles. The van der Waals surface area contributed by atoms with Gasteiger partial charge in [0, 0.05) is 5.56 Å². The van der Waals surface area contributed by atoms with Crippen molar-refractivity contribution in [2.45, 2.75) is 18.2 Å². The molecule has 0 saturated carbocycles. The molecule has 5 nitrogen and oxygen atoms in total. The van der Waals surface area contributed by atoms with Crippen molar-refractivity contribution < 1.29 is 32.2 Å². The normalized spacial score (nSPS) is 13.8. The number of carbonyl (C=O) groups excluding carboxylic acids is 1. The second-order valence-electron chi connectivity index (χ2n) is 6.10. The van der Waals surface area contributed by atoms with E-state index in [-0.39, 0.29) is 23.6 Å². The minimum atomic E-state index is -4.53. The number of methoxy groups -OCH3 is 1. The molecule has 0 amide bonds. The minimum absolute atomic E-state index is 0.0509. The Morgan fingerprint density at radius 2 is 1.68 bits per heavy atom. The summed E-state index contributed by atoms with van der Waals surface area (Å²) in [6, 6.07) is 12.6. The molecule has 1 heterocycles. The third kappa shape index (κ3) is 3.91. The summed E-state index contributed by atoms with van der Waals surface area (Å²) in [4.78, 5) is 16.4. The van der Waals surface area contributed by atoms with E-state index in [2.05, 4.69) is 9.72 Å². The fraction of sp³-hybridized carbons (Fsp3) is 0.200. The molecule has 3 rings (SSSR count). The highest BCUT2D eigenvalue weighted by Gasteiger charge is 2.41. The highest BCUT2D eigenvalue weighted by atomic mass is 19.4. The molecule has 2 aromatic carbocycles. The Morgan fingerprint density at radius 1 is 1.07 bits per heavy atom. The van der Waals surface area contributed by atoms with Crippen LogP contribution in [0.1, 0.15) is 16.9 Å². The van der Waals surface area contributed by atoms with E-state index in [4.69, 9.17) is 4.42 Å². The summed E-state index contributed by atoms with van der Waals surface area (Å²) in [5.41, 5.74) is -2.48. The number of aromatic nitrogens is 1. The van der Waals surface area contributed by atoms with Gasteiger partial charge in [-0.1, -0.05) is 30.3 Å². The molecule has 0 unspecified atom stereocenters. The quantitative estimate of drug-likeness (QED) is 0.667. The number of hydrogen-bond acceptors (Lipinski definition) is 5. The SMILES string of the molecule is COC(=O)[C@](O)(Cc1cnc(-c2ccccc2)o1)c1ccc(C(F)(F)F)cc1. The number of halogens is 3. The van der Waals surface area contributed by atoms with E-state index in [1.807, 2.05) is 6.07 Å². The molecule has 0 bridgehead atoms. The van der Waals surface area contributed by atoms with Gasteiger partial charge in [-0.3, -0.25) is 0 Å². The van der Waals surface area contributed by atoms with Gasteiger partial charge in [-0.25, -0.2) is 9.78 Å². The van der Waals surface area contributed by atoms with E-state index in [0.29, 0.717) is 5.56 Å². The molecule has 1 N–H and O–H groups in total. The summed E-state index contributed by atoms with van der Waals surface area (Å²) in [5, 5.41) is 10.9. The average molecular weight is 391 g/mol. The molecule has 146 valence electrons. The number of oxazole rings is 1. The van der Waals surface area contributed by atoms with Crippen LogP contribution in [0.15, 0.2) is 65.2 Å². The number of aliphatic hydroxyl groups is 1. The monoisotopic (exact) mass is 391 g/mol. The van der Waals surface area contributed by atoms with Gasteiger partial charge >= 0.3 is 12.1 Å². The molecule has 0 fully saturated rings. The third-order valence-electron chi connectivity index (χ3n) is 4.22. The van der Waals surface area contributed by atoms with Crippen molar-refractivity contribution in [1.82, 2.24) is 4.98 Å². The Balaban J connectivity index is 1.92. The van der Waals surface area contributed by atoms with Crippen molar-refractivity contribution in [2.75, 3.05) is 7.11 Å². The van der Waals surface area contributed by atoms with Crippen molar-refractivity contribution in [2.24, 2.45) is 0 Å². The molecule has 0 spiro atoms. The van der Waals surface area contributed by atoms with Crippen LogP contribution in [0.5, 0.6) is 0 Å². The molecule has 8 heteroatoms. The summed E-state index contributed by atoms with van der Waals surface area (Å²) in [7, 11) is 1.08. The van der Waals surface area contributed by atoms with Gasteiger partial charge < -0.3 is 14.3 Å². The maximum Gasteiger partial charge on any atom is 0.416 e. The van der Waals surface area contributed by atoms with E-state index < -0.39 is 23.3 Å². The summed E-state index contributed by atoms with van der Waals surface area (Å²) in [6.45, 7) is 0. The van der Waals surface area contributed by atoms with Crippen molar-refractivity contribution in [1.29, 1.82) is 0 Å². The molecular formula is C20H16F3NO4. The number of benzene rings is 2. The number of nitrogens with zero attached hydrogens (tertiary/aromatic N) is 1. The van der Waals surface area contributed by atoms with Crippen molar-refractivity contribution in [3.63, 3.8) is 0 Å². The van der Waals surface area contributed by atoms with Crippen LogP contribution in [0.4, 0.5) is 13.2 Å². The van der Waals surface area contributed by atoms with Crippen LogP contribution >= 0.6 is 0 Å². The zero-order chi connectivity index (χ0) is 20.4. The zero-order valence-electron chi connectivity index (χ0n) is 14.7. The third-order valence-corrected chi connectivity index (χ3v) is 4.22. The van der Waals surface area contributed by atoms with Crippen molar-refractivity contribution >= 4 is 5.97 Å². The van der Waals surface area contributed by atoms with Crippen LogP contribution in [0.2, 0.25) is 0 Å².